The number of rotatable bonds is 3. The van der Waals surface area contributed by atoms with Crippen LogP contribution in [0.5, 0.6) is 5.75 Å². The van der Waals surface area contributed by atoms with Gasteiger partial charge in [-0.15, -0.1) is 0 Å². The predicted octanol–water partition coefficient (Wildman–Crippen LogP) is 3.70. The quantitative estimate of drug-likeness (QED) is 0.565. The fraction of sp³-hybridized carbons (Fsp3) is 0.238. The molecule has 0 bridgehead atoms. The van der Waals surface area contributed by atoms with E-state index in [9.17, 15) is 4.79 Å². The van der Waals surface area contributed by atoms with Crippen LogP contribution in [0.15, 0.2) is 22.6 Å². The molecule has 0 saturated heterocycles. The molecule has 1 aromatic carbocycles. The summed E-state index contributed by atoms with van der Waals surface area (Å²) in [5, 5.41) is 1.36. The molecule has 4 aromatic rings. The lowest BCUT2D eigenvalue weighted by Gasteiger charge is -2.17. The molecule has 0 radical (unpaired) electrons. The number of ether oxygens (including phenoxy) is 1. The predicted molar refractivity (Wildman–Crippen MR) is 109 cm³/mol. The molecule has 0 aliphatic rings. The second-order valence-electron chi connectivity index (χ2n) is 7.01. The fourth-order valence-electron chi connectivity index (χ4n) is 3.94. The van der Waals surface area contributed by atoms with E-state index in [2.05, 4.69) is 0 Å². The number of aryl methyl sites for hydroxylation is 3. The number of hydrogen-bond donors (Lipinski definition) is 2. The molecular formula is C21H22N4O3. The van der Waals surface area contributed by atoms with Gasteiger partial charge in [0.1, 0.15) is 22.9 Å². The van der Waals surface area contributed by atoms with Crippen molar-refractivity contribution in [2.24, 2.45) is 5.73 Å². The number of nitrogen functional groups attached to an aromatic ring is 1. The SMILES string of the molecule is COc1ccc(C)c(-n2c(N)c(C(N)=O)c3c4oc(C)cc4c(C)nc32)c1C. The lowest BCUT2D eigenvalue weighted by Crippen LogP contribution is -2.14. The minimum atomic E-state index is -0.625. The highest BCUT2D eigenvalue weighted by Crippen LogP contribution is 2.40. The third-order valence-electron chi connectivity index (χ3n) is 5.20. The van der Waals surface area contributed by atoms with Crippen LogP contribution in [0.25, 0.3) is 27.7 Å². The molecule has 0 spiro atoms. The molecule has 0 atom stereocenters. The number of benzene rings is 1. The van der Waals surface area contributed by atoms with Gasteiger partial charge in [-0.3, -0.25) is 9.36 Å². The Morgan fingerprint density at radius 3 is 2.57 bits per heavy atom. The molecule has 7 nitrogen and oxygen atoms in total. The van der Waals surface area contributed by atoms with Gasteiger partial charge in [0, 0.05) is 10.9 Å². The van der Waals surface area contributed by atoms with Crippen molar-refractivity contribution in [2.75, 3.05) is 12.8 Å². The molecule has 0 unspecified atom stereocenters. The van der Waals surface area contributed by atoms with Gasteiger partial charge in [-0.05, 0) is 45.4 Å². The number of carbonyl (C=O) groups excluding carboxylic acids is 1. The molecule has 0 aliphatic carbocycles. The molecule has 3 heterocycles. The topological polar surface area (TPSA) is 109 Å². The lowest BCUT2D eigenvalue weighted by atomic mass is 10.1. The minimum Gasteiger partial charge on any atom is -0.496 e. The van der Waals surface area contributed by atoms with Gasteiger partial charge < -0.3 is 20.6 Å². The summed E-state index contributed by atoms with van der Waals surface area (Å²) in [6, 6.07) is 5.74. The van der Waals surface area contributed by atoms with Crippen molar-refractivity contribution >= 4 is 33.7 Å². The monoisotopic (exact) mass is 378 g/mol. The van der Waals surface area contributed by atoms with Crippen LogP contribution in [0.1, 0.15) is 32.9 Å². The molecule has 0 aliphatic heterocycles. The van der Waals surface area contributed by atoms with Crippen molar-refractivity contribution in [1.29, 1.82) is 0 Å². The first kappa shape index (κ1) is 17.9. The summed E-state index contributed by atoms with van der Waals surface area (Å²) in [5.74, 6) is 1.05. The van der Waals surface area contributed by atoms with Crippen LogP contribution in [-0.2, 0) is 0 Å². The summed E-state index contributed by atoms with van der Waals surface area (Å²) in [5.41, 5.74) is 16.9. The average Bonchev–Trinajstić information content (AvgIpc) is 3.14. The zero-order valence-electron chi connectivity index (χ0n) is 16.5. The number of furan rings is 1. The summed E-state index contributed by atoms with van der Waals surface area (Å²) in [6.07, 6.45) is 0. The van der Waals surface area contributed by atoms with Crippen molar-refractivity contribution in [2.45, 2.75) is 27.7 Å². The maximum absolute atomic E-state index is 12.3. The van der Waals surface area contributed by atoms with Gasteiger partial charge in [-0.25, -0.2) is 4.98 Å². The Hall–Kier alpha value is -3.48. The van der Waals surface area contributed by atoms with Crippen molar-refractivity contribution in [3.63, 3.8) is 0 Å². The number of aromatic nitrogens is 2. The first-order valence-corrected chi connectivity index (χ1v) is 8.91. The van der Waals surface area contributed by atoms with Crippen LogP contribution in [0.3, 0.4) is 0 Å². The fourth-order valence-corrected chi connectivity index (χ4v) is 3.94. The zero-order chi connectivity index (χ0) is 20.3. The van der Waals surface area contributed by atoms with Gasteiger partial charge >= 0.3 is 0 Å². The summed E-state index contributed by atoms with van der Waals surface area (Å²) in [7, 11) is 1.62. The number of primary amides is 1. The molecule has 4 N–H and O–H groups in total. The van der Waals surface area contributed by atoms with E-state index < -0.39 is 5.91 Å². The second-order valence-corrected chi connectivity index (χ2v) is 7.01. The van der Waals surface area contributed by atoms with E-state index in [4.69, 9.17) is 25.6 Å². The van der Waals surface area contributed by atoms with Gasteiger partial charge in [0.2, 0.25) is 0 Å². The lowest BCUT2D eigenvalue weighted by molar-refractivity contribution is 0.100. The molecule has 144 valence electrons. The van der Waals surface area contributed by atoms with Crippen LogP contribution in [-0.4, -0.2) is 22.6 Å². The molecule has 0 saturated carbocycles. The van der Waals surface area contributed by atoms with Crippen molar-refractivity contribution in [1.82, 2.24) is 9.55 Å². The van der Waals surface area contributed by atoms with Gasteiger partial charge in [-0.2, -0.15) is 0 Å². The highest BCUT2D eigenvalue weighted by Gasteiger charge is 2.27. The van der Waals surface area contributed by atoms with Crippen LogP contribution in [0.4, 0.5) is 5.82 Å². The zero-order valence-corrected chi connectivity index (χ0v) is 16.5. The van der Waals surface area contributed by atoms with Gasteiger partial charge in [0.25, 0.3) is 5.91 Å². The van der Waals surface area contributed by atoms with E-state index in [-0.39, 0.29) is 11.4 Å². The maximum Gasteiger partial charge on any atom is 0.253 e. The number of fused-ring (bicyclic) bond motifs is 3. The van der Waals surface area contributed by atoms with Crippen molar-refractivity contribution in [3.8, 4) is 11.4 Å². The van der Waals surface area contributed by atoms with E-state index in [1.807, 2.05) is 45.9 Å². The molecular weight excluding hydrogens is 356 g/mol. The summed E-state index contributed by atoms with van der Waals surface area (Å²) in [4.78, 5) is 17.1. The van der Waals surface area contributed by atoms with Crippen LogP contribution in [0.2, 0.25) is 0 Å². The number of nitrogens with two attached hydrogens (primary N) is 2. The number of carbonyl (C=O) groups is 1. The van der Waals surface area contributed by atoms with E-state index in [1.165, 1.54) is 0 Å². The van der Waals surface area contributed by atoms with Gasteiger partial charge in [-0.1, -0.05) is 6.07 Å². The van der Waals surface area contributed by atoms with Crippen LogP contribution >= 0.6 is 0 Å². The van der Waals surface area contributed by atoms with Crippen LogP contribution < -0.4 is 16.2 Å². The Bertz CT molecular complexity index is 1280. The third kappa shape index (κ3) is 2.29. The first-order valence-electron chi connectivity index (χ1n) is 8.91. The van der Waals surface area contributed by atoms with Gasteiger partial charge in [0.05, 0.1) is 29.4 Å². The number of anilines is 1. The smallest absolute Gasteiger partial charge is 0.253 e. The van der Waals surface area contributed by atoms with E-state index >= 15 is 0 Å². The summed E-state index contributed by atoms with van der Waals surface area (Å²) in [6.45, 7) is 7.67. The maximum atomic E-state index is 12.3. The third-order valence-corrected chi connectivity index (χ3v) is 5.20. The highest BCUT2D eigenvalue weighted by atomic mass is 16.5. The van der Waals surface area contributed by atoms with Crippen molar-refractivity contribution in [3.05, 3.63) is 46.3 Å². The Morgan fingerprint density at radius 2 is 1.93 bits per heavy atom. The van der Waals surface area contributed by atoms with E-state index in [0.29, 0.717) is 22.4 Å². The average molecular weight is 378 g/mol. The molecule has 7 heteroatoms. The standard InChI is InChI=1S/C21H22N4O3/c1-9-6-7-14(27-5)11(3)17(9)25-19(22)16(20(23)26)15-18-13(8-10(2)28-18)12(4)24-21(15)25/h6-8H,22H2,1-5H3,(H2,23,26). The minimum absolute atomic E-state index is 0.212. The second kappa shape index (κ2) is 6.02. The number of amides is 1. The largest absolute Gasteiger partial charge is 0.496 e. The Labute approximate surface area is 161 Å². The van der Waals surface area contributed by atoms with E-state index in [1.54, 1.807) is 11.7 Å². The van der Waals surface area contributed by atoms with Gasteiger partial charge in [0.15, 0.2) is 5.65 Å². The summed E-state index contributed by atoms with van der Waals surface area (Å²) < 4.78 is 13.2. The number of hydrogen-bond acceptors (Lipinski definition) is 5. The molecule has 4 rings (SSSR count). The Kier molecular flexibility index (Phi) is 3.85. The summed E-state index contributed by atoms with van der Waals surface area (Å²) >= 11 is 0. The molecule has 1 amide bonds. The number of nitrogens with zero attached hydrogens (tertiary/aromatic N) is 2. The normalized spacial score (nSPS) is 11.5. The number of methoxy groups -OCH3 is 1. The number of pyridine rings is 1. The Morgan fingerprint density at radius 1 is 1.21 bits per heavy atom. The molecule has 3 aromatic heterocycles. The van der Waals surface area contributed by atoms with E-state index in [0.717, 1.165) is 33.7 Å². The molecule has 0 fully saturated rings. The highest BCUT2D eigenvalue weighted by molar-refractivity contribution is 6.18. The van der Waals surface area contributed by atoms with Crippen LogP contribution in [0, 0.1) is 27.7 Å². The Balaban J connectivity index is 2.27. The first-order chi connectivity index (χ1) is 13.3. The molecule has 28 heavy (non-hydrogen) atoms. The van der Waals surface area contributed by atoms with Crippen molar-refractivity contribution < 1.29 is 13.9 Å².